The Morgan fingerprint density at radius 3 is 1.91 bits per heavy atom. The number of hydrogen-bond acceptors (Lipinski definition) is 0. The van der Waals surface area contributed by atoms with Crippen LogP contribution in [0.1, 0.15) is 85.0 Å². The molecule has 0 fully saturated rings. The van der Waals surface area contributed by atoms with Gasteiger partial charge < -0.3 is 24.8 Å². The number of allylic oxidation sites excluding steroid dienone is 4. The van der Waals surface area contributed by atoms with Gasteiger partial charge in [0.2, 0.25) is 0 Å². The van der Waals surface area contributed by atoms with Gasteiger partial charge in [-0.25, -0.2) is 0 Å². The molecule has 0 bridgehead atoms. The fraction of sp³-hybridized carbons (Fsp3) is 0.310. The van der Waals surface area contributed by atoms with Crippen molar-refractivity contribution in [2.45, 2.75) is 74.7 Å². The standard InChI is InChI=1S/C17H17.C13H8Cl2.C12H19.2ClH.Zr/c1-10-5-14-9-15-6-11(2)13(4)8-17(15)16(14)7-12(10)3;14-12-5-1-3-10(8-12)7-11-4-2-6-13(15)9-11;1-5-6-10-7-8-11(9-10)12(2,3)4;;;/h5,7-8H,9H2,1-4H3;1-6,8-9H;8-10H,5-6H2,1-4H3;2*1H;/q;;;;;+2/p-2. The molecular weight excluding hydrogens is 737 g/mol. The minimum absolute atomic E-state index is 0. The van der Waals surface area contributed by atoms with Gasteiger partial charge in [0.15, 0.2) is 0 Å². The Morgan fingerprint density at radius 2 is 1.36 bits per heavy atom. The molecule has 0 spiro atoms. The summed E-state index contributed by atoms with van der Waals surface area (Å²) in [7, 11) is 0. The van der Waals surface area contributed by atoms with Crippen molar-refractivity contribution in [1.82, 2.24) is 0 Å². The van der Waals surface area contributed by atoms with E-state index in [2.05, 4.69) is 122 Å². The maximum absolute atomic E-state index is 6.78. The summed E-state index contributed by atoms with van der Waals surface area (Å²) in [5.41, 5.74) is 15.5. The van der Waals surface area contributed by atoms with Gasteiger partial charge in [-0.3, -0.25) is 0 Å². The second-order valence-electron chi connectivity index (χ2n) is 14.1. The van der Waals surface area contributed by atoms with Crippen LogP contribution in [0.2, 0.25) is 10.0 Å². The van der Waals surface area contributed by atoms with E-state index in [1.807, 2.05) is 12.1 Å². The zero-order valence-corrected chi connectivity index (χ0v) is 34.2. The van der Waals surface area contributed by atoms with Crippen LogP contribution in [0, 0.1) is 39.0 Å². The molecular formula is C42H44Cl4Zr. The molecule has 0 heterocycles. The number of hydrogen-bond donors (Lipinski definition) is 0. The molecule has 2 aliphatic carbocycles. The molecule has 0 nitrogen and oxygen atoms in total. The third-order valence-electron chi connectivity index (χ3n) is 9.90. The van der Waals surface area contributed by atoms with Crippen LogP contribution >= 0.6 is 23.2 Å². The number of aryl methyl sites for hydroxylation is 3. The largest absolute Gasteiger partial charge is 1.00 e. The van der Waals surface area contributed by atoms with E-state index in [0.29, 0.717) is 5.92 Å². The first kappa shape index (κ1) is 38.1. The van der Waals surface area contributed by atoms with E-state index >= 15 is 0 Å². The van der Waals surface area contributed by atoms with Crippen LogP contribution in [0.3, 0.4) is 0 Å². The van der Waals surface area contributed by atoms with E-state index in [1.54, 1.807) is 12.1 Å². The van der Waals surface area contributed by atoms with Crippen LogP contribution in [0.25, 0.3) is 11.1 Å². The van der Waals surface area contributed by atoms with E-state index < -0.39 is 21.3 Å². The number of benzene rings is 4. The topological polar surface area (TPSA) is 0 Å². The molecule has 4 aromatic carbocycles. The Kier molecular flexibility index (Phi) is 12.2. The van der Waals surface area contributed by atoms with E-state index in [1.165, 1.54) is 65.3 Å². The number of halogens is 4. The molecule has 2 aliphatic rings. The molecule has 4 aromatic rings. The summed E-state index contributed by atoms with van der Waals surface area (Å²) in [6, 6.07) is 24.5. The van der Waals surface area contributed by atoms with Crippen molar-refractivity contribution in [3.05, 3.63) is 142 Å². The van der Waals surface area contributed by atoms with Crippen LogP contribution in [-0.2, 0) is 27.7 Å². The summed E-state index contributed by atoms with van der Waals surface area (Å²) < 4.78 is 4.79. The summed E-state index contributed by atoms with van der Waals surface area (Å²) in [5.74, 6) is 0.441. The minimum atomic E-state index is -3.00. The van der Waals surface area contributed by atoms with Crippen LogP contribution in [0.5, 0.6) is 0 Å². The predicted octanol–water partition coefficient (Wildman–Crippen LogP) is 5.61. The second-order valence-corrected chi connectivity index (χ2v) is 20.7. The van der Waals surface area contributed by atoms with Crippen molar-refractivity contribution in [3.63, 3.8) is 0 Å². The quantitative estimate of drug-likeness (QED) is 0.211. The first-order valence-electron chi connectivity index (χ1n) is 16.3. The molecule has 0 radical (unpaired) electrons. The Labute approximate surface area is 312 Å². The molecule has 6 rings (SSSR count). The predicted molar refractivity (Wildman–Crippen MR) is 193 cm³/mol. The first-order chi connectivity index (χ1) is 21.4. The number of rotatable bonds is 6. The summed E-state index contributed by atoms with van der Waals surface area (Å²) in [5, 5.41) is 1.55. The fourth-order valence-corrected chi connectivity index (χ4v) is 16.8. The average Bonchev–Trinajstić information content (AvgIpc) is 3.55. The van der Waals surface area contributed by atoms with E-state index in [0.717, 1.165) is 22.9 Å². The monoisotopic (exact) mass is 778 g/mol. The van der Waals surface area contributed by atoms with E-state index in [4.69, 9.17) is 23.2 Å². The summed E-state index contributed by atoms with van der Waals surface area (Å²) in [4.78, 5) is 0. The third kappa shape index (κ3) is 7.42. The third-order valence-corrected chi connectivity index (χ3v) is 18.6. The Hall–Kier alpha value is -1.73. The van der Waals surface area contributed by atoms with Crippen molar-refractivity contribution >= 4 is 29.7 Å². The first-order valence-corrected chi connectivity index (χ1v) is 20.8. The maximum atomic E-state index is 6.78. The molecule has 0 aromatic heterocycles. The van der Waals surface area contributed by atoms with Gasteiger partial charge in [-0.1, -0.05) is 0 Å². The molecule has 0 saturated heterocycles. The summed E-state index contributed by atoms with van der Waals surface area (Å²) >= 11 is 10.6. The molecule has 47 heavy (non-hydrogen) atoms. The molecule has 0 N–H and O–H groups in total. The van der Waals surface area contributed by atoms with Crippen molar-refractivity contribution < 1.29 is 46.1 Å². The van der Waals surface area contributed by atoms with Crippen molar-refractivity contribution in [2.75, 3.05) is 0 Å². The number of fused-ring (bicyclic) bond motifs is 3. The van der Waals surface area contributed by atoms with E-state index in [9.17, 15) is 0 Å². The van der Waals surface area contributed by atoms with E-state index in [-0.39, 0.29) is 30.2 Å². The van der Waals surface area contributed by atoms with Gasteiger partial charge in [-0.05, 0) is 0 Å². The van der Waals surface area contributed by atoms with Gasteiger partial charge in [0.1, 0.15) is 0 Å². The Morgan fingerprint density at radius 1 is 0.787 bits per heavy atom. The molecule has 1 atom stereocenters. The Balaban J connectivity index is 0.00000250. The zero-order valence-electron chi connectivity index (χ0n) is 28.7. The van der Waals surface area contributed by atoms with Gasteiger partial charge in [0, 0.05) is 0 Å². The zero-order chi connectivity index (χ0) is 32.2. The summed E-state index contributed by atoms with van der Waals surface area (Å²) in [6.07, 6.45) is 8.56. The molecule has 5 heteroatoms. The van der Waals surface area contributed by atoms with Gasteiger partial charge in [0.05, 0.1) is 0 Å². The van der Waals surface area contributed by atoms with Crippen molar-refractivity contribution in [2.24, 2.45) is 11.3 Å². The molecule has 0 amide bonds. The summed E-state index contributed by atoms with van der Waals surface area (Å²) in [6.45, 7) is 18.6. The molecule has 0 aliphatic heterocycles. The van der Waals surface area contributed by atoms with Crippen LogP contribution in [0.4, 0.5) is 0 Å². The molecule has 1 unspecified atom stereocenters. The fourth-order valence-electron chi connectivity index (χ4n) is 7.26. The van der Waals surface area contributed by atoms with Gasteiger partial charge in [0.25, 0.3) is 0 Å². The van der Waals surface area contributed by atoms with Crippen molar-refractivity contribution in [1.29, 1.82) is 0 Å². The van der Waals surface area contributed by atoms with Crippen molar-refractivity contribution in [3.8, 4) is 11.1 Å². The smallest absolute Gasteiger partial charge is 1.00 e. The maximum Gasteiger partial charge on any atom is -1.00 e. The van der Waals surface area contributed by atoms with Gasteiger partial charge >= 0.3 is 290 Å². The van der Waals surface area contributed by atoms with Crippen LogP contribution < -0.4 is 28.1 Å². The SMILES string of the molecule is CCCC1C=C(C(C)(C)C)C=[C]1[Zr+2](=[C](c1cccc(Cl)c1)c1cccc(Cl)c1)[c]1c(C)c(C)cc2c1Cc1cc(C)c(C)cc1-2.[Cl-].[Cl-]. The van der Waals surface area contributed by atoms with Crippen LogP contribution in [-0.4, -0.2) is 3.21 Å². The molecule has 244 valence electrons. The second kappa shape index (κ2) is 15.0. The minimum Gasteiger partial charge on any atom is -1.00 e. The van der Waals surface area contributed by atoms with Crippen LogP contribution in [0.15, 0.2) is 87.7 Å². The van der Waals surface area contributed by atoms with Gasteiger partial charge in [-0.2, -0.15) is 0 Å². The average molecular weight is 782 g/mol. The Bertz CT molecular complexity index is 1890. The normalized spacial score (nSPS) is 14.6. The molecule has 0 saturated carbocycles. The van der Waals surface area contributed by atoms with Gasteiger partial charge in [-0.15, -0.1) is 0 Å².